The highest BCUT2D eigenvalue weighted by Crippen LogP contribution is 2.33. The Hall–Kier alpha value is -2.60. The van der Waals surface area contributed by atoms with Crippen molar-refractivity contribution in [2.24, 2.45) is 10.9 Å². The van der Waals surface area contributed by atoms with E-state index in [-0.39, 0.29) is 18.0 Å². The first-order valence-electron chi connectivity index (χ1n) is 10.9. The van der Waals surface area contributed by atoms with Gasteiger partial charge in [-0.15, -0.1) is 0 Å². The van der Waals surface area contributed by atoms with Gasteiger partial charge in [0.15, 0.2) is 5.96 Å². The van der Waals surface area contributed by atoms with Crippen LogP contribution in [0.2, 0.25) is 0 Å². The summed E-state index contributed by atoms with van der Waals surface area (Å²) in [6.07, 6.45) is 3.32. The Labute approximate surface area is 178 Å². The summed E-state index contributed by atoms with van der Waals surface area (Å²) in [5.74, 6) is 1.05. The minimum atomic E-state index is -0.188. The predicted molar refractivity (Wildman–Crippen MR) is 119 cm³/mol. The molecule has 30 heavy (non-hydrogen) atoms. The van der Waals surface area contributed by atoms with Crippen LogP contribution in [0.1, 0.15) is 30.9 Å². The van der Waals surface area contributed by atoms with Crippen molar-refractivity contribution >= 4 is 11.6 Å². The van der Waals surface area contributed by atoms with Crippen molar-refractivity contribution in [3.05, 3.63) is 66.0 Å². The predicted octanol–water partition coefficient (Wildman–Crippen LogP) is 3.74. The molecule has 2 saturated heterocycles. The molecule has 4 rings (SSSR count). The van der Waals surface area contributed by atoms with Crippen molar-refractivity contribution in [1.29, 1.82) is 0 Å². The molecule has 0 amide bonds. The summed E-state index contributed by atoms with van der Waals surface area (Å²) < 4.78 is 19.6. The summed E-state index contributed by atoms with van der Waals surface area (Å²) in [5, 5.41) is 7.06. The molecule has 2 aromatic rings. The van der Waals surface area contributed by atoms with E-state index in [9.17, 15) is 4.39 Å². The molecule has 0 aromatic heterocycles. The summed E-state index contributed by atoms with van der Waals surface area (Å²) in [5.41, 5.74) is 2.18. The molecule has 0 radical (unpaired) electrons. The van der Waals surface area contributed by atoms with E-state index in [4.69, 9.17) is 4.74 Å². The summed E-state index contributed by atoms with van der Waals surface area (Å²) in [6.45, 7) is 3.40. The van der Waals surface area contributed by atoms with Crippen molar-refractivity contribution in [3.63, 3.8) is 0 Å². The molecule has 2 aliphatic rings. The maximum absolute atomic E-state index is 13.6. The van der Waals surface area contributed by atoms with Gasteiger partial charge in [0.25, 0.3) is 0 Å². The van der Waals surface area contributed by atoms with Crippen LogP contribution in [0, 0.1) is 11.7 Å². The molecule has 3 atom stereocenters. The minimum Gasteiger partial charge on any atom is -0.373 e. The highest BCUT2D eigenvalue weighted by atomic mass is 19.1. The normalized spacial score (nSPS) is 24.7. The second-order valence-corrected chi connectivity index (χ2v) is 8.11. The second-order valence-electron chi connectivity index (χ2n) is 8.11. The smallest absolute Gasteiger partial charge is 0.191 e. The second kappa shape index (κ2) is 9.94. The number of halogens is 1. The standard InChI is InChI=1S/C24H31FN4O/c1-26-24(27-16-19-12-14-30-23(19)18-7-3-2-4-8-18)28-21-10-6-13-29(17-21)22-11-5-9-20(25)15-22/h2-5,7-9,11,15,19,21,23H,6,10,12-14,16-17H2,1H3,(H2,26,27,28). The van der Waals surface area contributed by atoms with Gasteiger partial charge in [-0.05, 0) is 43.0 Å². The number of hydrogen-bond donors (Lipinski definition) is 2. The Kier molecular flexibility index (Phi) is 6.84. The summed E-state index contributed by atoms with van der Waals surface area (Å²) in [6, 6.07) is 17.6. The van der Waals surface area contributed by atoms with E-state index >= 15 is 0 Å². The molecular weight excluding hydrogens is 379 g/mol. The van der Waals surface area contributed by atoms with E-state index in [1.807, 2.05) is 19.2 Å². The van der Waals surface area contributed by atoms with Gasteiger partial charge in [0, 0.05) is 50.9 Å². The Balaban J connectivity index is 1.31. The van der Waals surface area contributed by atoms with Gasteiger partial charge in [0.1, 0.15) is 5.82 Å². The number of guanidine groups is 1. The van der Waals surface area contributed by atoms with Crippen molar-refractivity contribution < 1.29 is 9.13 Å². The van der Waals surface area contributed by atoms with Gasteiger partial charge in [-0.3, -0.25) is 4.99 Å². The van der Waals surface area contributed by atoms with Crippen LogP contribution in [0.25, 0.3) is 0 Å². The van der Waals surface area contributed by atoms with Crippen LogP contribution in [0.4, 0.5) is 10.1 Å². The monoisotopic (exact) mass is 410 g/mol. The van der Waals surface area contributed by atoms with Crippen LogP contribution in [0.3, 0.4) is 0 Å². The molecular formula is C24H31FN4O. The van der Waals surface area contributed by atoms with Gasteiger partial charge in [-0.2, -0.15) is 0 Å². The molecule has 2 aliphatic heterocycles. The topological polar surface area (TPSA) is 48.9 Å². The lowest BCUT2D eigenvalue weighted by Gasteiger charge is -2.35. The summed E-state index contributed by atoms with van der Waals surface area (Å²) >= 11 is 0. The average Bonchev–Trinajstić information content (AvgIpc) is 3.26. The first-order valence-corrected chi connectivity index (χ1v) is 10.9. The third-order valence-electron chi connectivity index (χ3n) is 6.03. The largest absolute Gasteiger partial charge is 0.373 e. The van der Waals surface area contributed by atoms with E-state index in [1.54, 1.807) is 12.1 Å². The van der Waals surface area contributed by atoms with Gasteiger partial charge in [-0.1, -0.05) is 36.4 Å². The molecule has 0 spiro atoms. The SMILES string of the molecule is CN=C(NCC1CCOC1c1ccccc1)NC1CCCN(c2cccc(F)c2)C1. The fourth-order valence-electron chi connectivity index (χ4n) is 4.47. The molecule has 2 heterocycles. The zero-order valence-electron chi connectivity index (χ0n) is 17.6. The molecule has 6 heteroatoms. The minimum absolute atomic E-state index is 0.134. The molecule has 2 N–H and O–H groups in total. The van der Waals surface area contributed by atoms with Gasteiger partial charge in [-0.25, -0.2) is 4.39 Å². The van der Waals surface area contributed by atoms with Crippen LogP contribution < -0.4 is 15.5 Å². The molecule has 0 saturated carbocycles. The molecule has 0 aliphatic carbocycles. The van der Waals surface area contributed by atoms with Gasteiger partial charge in [0.05, 0.1) is 6.10 Å². The van der Waals surface area contributed by atoms with Gasteiger partial charge < -0.3 is 20.3 Å². The van der Waals surface area contributed by atoms with Crippen molar-refractivity contribution in [3.8, 4) is 0 Å². The van der Waals surface area contributed by atoms with E-state index in [0.29, 0.717) is 5.92 Å². The van der Waals surface area contributed by atoms with E-state index in [0.717, 1.165) is 57.2 Å². The van der Waals surface area contributed by atoms with Crippen LogP contribution >= 0.6 is 0 Å². The van der Waals surface area contributed by atoms with Crippen LogP contribution in [-0.2, 0) is 4.74 Å². The quantitative estimate of drug-likeness (QED) is 0.582. The molecule has 2 fully saturated rings. The van der Waals surface area contributed by atoms with Gasteiger partial charge in [0.2, 0.25) is 0 Å². The van der Waals surface area contributed by atoms with E-state index < -0.39 is 0 Å². The lowest BCUT2D eigenvalue weighted by atomic mass is 9.95. The summed E-state index contributed by atoms with van der Waals surface area (Å²) in [7, 11) is 1.81. The lowest BCUT2D eigenvalue weighted by Crippen LogP contribution is -2.52. The first kappa shape index (κ1) is 20.7. The lowest BCUT2D eigenvalue weighted by molar-refractivity contribution is 0.0915. The average molecular weight is 411 g/mol. The van der Waals surface area contributed by atoms with E-state index in [2.05, 4.69) is 44.8 Å². The van der Waals surface area contributed by atoms with Crippen molar-refractivity contribution in [2.75, 3.05) is 38.2 Å². The maximum atomic E-state index is 13.6. The van der Waals surface area contributed by atoms with Crippen molar-refractivity contribution in [2.45, 2.75) is 31.4 Å². The maximum Gasteiger partial charge on any atom is 0.191 e. The number of hydrogen-bond acceptors (Lipinski definition) is 3. The third kappa shape index (κ3) is 5.11. The van der Waals surface area contributed by atoms with Crippen LogP contribution in [-0.4, -0.2) is 45.3 Å². The molecule has 5 nitrogen and oxygen atoms in total. The molecule has 160 valence electrons. The Morgan fingerprint density at radius 2 is 2.03 bits per heavy atom. The Morgan fingerprint density at radius 1 is 1.17 bits per heavy atom. The fraction of sp³-hybridized carbons (Fsp3) is 0.458. The van der Waals surface area contributed by atoms with Crippen LogP contribution in [0.15, 0.2) is 59.6 Å². The zero-order chi connectivity index (χ0) is 20.8. The highest BCUT2D eigenvalue weighted by Gasteiger charge is 2.30. The number of rotatable bonds is 5. The van der Waals surface area contributed by atoms with E-state index in [1.165, 1.54) is 11.6 Å². The fourth-order valence-corrected chi connectivity index (χ4v) is 4.47. The first-order chi connectivity index (χ1) is 14.7. The number of piperidine rings is 1. The third-order valence-corrected chi connectivity index (χ3v) is 6.03. The van der Waals surface area contributed by atoms with Crippen LogP contribution in [0.5, 0.6) is 0 Å². The van der Waals surface area contributed by atoms with Gasteiger partial charge >= 0.3 is 0 Å². The number of anilines is 1. The number of ether oxygens (including phenoxy) is 1. The van der Waals surface area contributed by atoms with Crippen molar-refractivity contribution in [1.82, 2.24) is 10.6 Å². The highest BCUT2D eigenvalue weighted by molar-refractivity contribution is 5.80. The molecule has 2 aromatic carbocycles. The number of nitrogens with one attached hydrogen (secondary N) is 2. The zero-order valence-corrected chi connectivity index (χ0v) is 17.6. The number of nitrogens with zero attached hydrogens (tertiary/aromatic N) is 2. The molecule has 3 unspecified atom stereocenters. The Bertz CT molecular complexity index is 844. The number of benzene rings is 2. The number of aliphatic imine (C=N–C) groups is 1. The molecule has 0 bridgehead atoms. The summed E-state index contributed by atoms with van der Waals surface area (Å²) in [4.78, 5) is 6.67. The Morgan fingerprint density at radius 3 is 2.83 bits per heavy atom.